The SMILES string of the molecule is CCOc1ccc(C(C)=O)cc1COC(=O)C[C@@H](NC(N)=O)c1ccc(Cl)cc1. The molecule has 0 radical (unpaired) electrons. The van der Waals surface area contributed by atoms with Gasteiger partial charge in [-0.1, -0.05) is 23.7 Å². The lowest BCUT2D eigenvalue weighted by molar-refractivity contribution is -0.145. The largest absolute Gasteiger partial charge is 0.493 e. The van der Waals surface area contributed by atoms with Crippen molar-refractivity contribution in [2.24, 2.45) is 5.73 Å². The third kappa shape index (κ3) is 6.80. The van der Waals surface area contributed by atoms with Crippen LogP contribution in [0.1, 0.15) is 47.8 Å². The number of ketones is 1. The fraction of sp³-hybridized carbons (Fsp3) is 0.286. The zero-order valence-electron chi connectivity index (χ0n) is 16.2. The number of amides is 2. The van der Waals surface area contributed by atoms with Crippen molar-refractivity contribution < 1.29 is 23.9 Å². The van der Waals surface area contributed by atoms with E-state index in [1.54, 1.807) is 42.5 Å². The minimum atomic E-state index is -0.759. The molecule has 2 aromatic rings. The second kappa shape index (κ2) is 10.5. The number of benzene rings is 2. The summed E-state index contributed by atoms with van der Waals surface area (Å²) in [5.74, 6) is -0.113. The van der Waals surface area contributed by atoms with Gasteiger partial charge in [-0.05, 0) is 49.7 Å². The normalized spacial score (nSPS) is 11.4. The van der Waals surface area contributed by atoms with Crippen molar-refractivity contribution in [3.8, 4) is 5.75 Å². The van der Waals surface area contributed by atoms with Crippen LogP contribution < -0.4 is 15.8 Å². The molecule has 0 heterocycles. The maximum atomic E-state index is 12.4. The van der Waals surface area contributed by atoms with Gasteiger partial charge in [0.05, 0.1) is 19.1 Å². The average Bonchev–Trinajstić information content (AvgIpc) is 2.67. The molecule has 0 bridgehead atoms. The Morgan fingerprint density at radius 1 is 1.14 bits per heavy atom. The first-order chi connectivity index (χ1) is 13.8. The first-order valence-corrected chi connectivity index (χ1v) is 9.41. The molecule has 0 fully saturated rings. The molecule has 0 aromatic heterocycles. The number of ether oxygens (including phenoxy) is 2. The molecule has 154 valence electrons. The molecule has 1 atom stereocenters. The molecule has 8 heteroatoms. The van der Waals surface area contributed by atoms with E-state index in [0.29, 0.717) is 34.1 Å². The van der Waals surface area contributed by atoms with Crippen molar-refractivity contribution in [2.45, 2.75) is 32.9 Å². The number of Topliss-reactive ketones (excluding diaryl/α,β-unsaturated/α-hetero) is 1. The zero-order valence-corrected chi connectivity index (χ0v) is 17.0. The Balaban J connectivity index is 2.10. The number of carbonyl (C=O) groups is 3. The molecule has 0 aliphatic rings. The summed E-state index contributed by atoms with van der Waals surface area (Å²) in [6.07, 6.45) is -0.124. The van der Waals surface area contributed by atoms with Crippen molar-refractivity contribution in [2.75, 3.05) is 6.61 Å². The van der Waals surface area contributed by atoms with Crippen molar-refractivity contribution in [3.63, 3.8) is 0 Å². The lowest BCUT2D eigenvalue weighted by atomic mass is 10.0. The monoisotopic (exact) mass is 418 g/mol. The molecular weight excluding hydrogens is 396 g/mol. The van der Waals surface area contributed by atoms with Gasteiger partial charge >= 0.3 is 12.0 Å². The van der Waals surface area contributed by atoms with Crippen LogP contribution in [0.4, 0.5) is 4.79 Å². The number of urea groups is 1. The number of nitrogens with two attached hydrogens (primary N) is 1. The molecule has 0 saturated heterocycles. The summed E-state index contributed by atoms with van der Waals surface area (Å²) in [4.78, 5) is 35.3. The Morgan fingerprint density at radius 3 is 2.41 bits per heavy atom. The van der Waals surface area contributed by atoms with Gasteiger partial charge in [0, 0.05) is 16.1 Å². The number of hydrogen-bond acceptors (Lipinski definition) is 5. The Hall–Kier alpha value is -3.06. The summed E-state index contributed by atoms with van der Waals surface area (Å²) in [6, 6.07) is 10.2. The van der Waals surface area contributed by atoms with Crippen LogP contribution in [-0.2, 0) is 16.1 Å². The van der Waals surface area contributed by atoms with Gasteiger partial charge in [0.25, 0.3) is 0 Å². The topological polar surface area (TPSA) is 108 Å². The van der Waals surface area contributed by atoms with E-state index in [9.17, 15) is 14.4 Å². The van der Waals surface area contributed by atoms with E-state index in [-0.39, 0.29) is 18.8 Å². The van der Waals surface area contributed by atoms with E-state index in [0.717, 1.165) is 0 Å². The molecular formula is C21H23ClN2O5. The molecule has 0 aliphatic carbocycles. The van der Waals surface area contributed by atoms with E-state index in [1.165, 1.54) is 6.92 Å². The average molecular weight is 419 g/mol. The highest BCUT2D eigenvalue weighted by Gasteiger charge is 2.19. The second-order valence-corrected chi connectivity index (χ2v) is 6.73. The first-order valence-electron chi connectivity index (χ1n) is 9.03. The van der Waals surface area contributed by atoms with Crippen LogP contribution >= 0.6 is 11.6 Å². The van der Waals surface area contributed by atoms with Crippen LogP contribution in [0.2, 0.25) is 5.02 Å². The third-order valence-corrected chi connectivity index (χ3v) is 4.37. The smallest absolute Gasteiger partial charge is 0.312 e. The molecule has 29 heavy (non-hydrogen) atoms. The van der Waals surface area contributed by atoms with Gasteiger partial charge in [-0.3, -0.25) is 9.59 Å². The van der Waals surface area contributed by atoms with Crippen molar-refractivity contribution >= 4 is 29.4 Å². The van der Waals surface area contributed by atoms with E-state index < -0.39 is 18.0 Å². The van der Waals surface area contributed by atoms with E-state index in [2.05, 4.69) is 5.32 Å². The summed E-state index contributed by atoms with van der Waals surface area (Å²) >= 11 is 5.88. The highest BCUT2D eigenvalue weighted by molar-refractivity contribution is 6.30. The summed E-state index contributed by atoms with van der Waals surface area (Å²) in [5, 5.41) is 3.06. The zero-order chi connectivity index (χ0) is 21.4. The summed E-state index contributed by atoms with van der Waals surface area (Å²) in [5.41, 5.74) is 6.96. The molecule has 2 aromatic carbocycles. The predicted molar refractivity (Wildman–Crippen MR) is 109 cm³/mol. The number of rotatable bonds is 9. The Bertz CT molecular complexity index is 883. The minimum absolute atomic E-state index is 0.0702. The maximum Gasteiger partial charge on any atom is 0.312 e. The fourth-order valence-electron chi connectivity index (χ4n) is 2.71. The molecule has 3 N–H and O–H groups in total. The molecule has 7 nitrogen and oxygen atoms in total. The van der Waals surface area contributed by atoms with Crippen molar-refractivity contribution in [3.05, 3.63) is 64.2 Å². The van der Waals surface area contributed by atoms with E-state index >= 15 is 0 Å². The molecule has 2 rings (SSSR count). The van der Waals surface area contributed by atoms with Crippen LogP contribution in [0.15, 0.2) is 42.5 Å². The van der Waals surface area contributed by atoms with Gasteiger partial charge in [0.15, 0.2) is 5.78 Å². The van der Waals surface area contributed by atoms with E-state index in [4.69, 9.17) is 26.8 Å². The van der Waals surface area contributed by atoms with Gasteiger partial charge in [-0.2, -0.15) is 0 Å². The Labute approximate surface area is 174 Å². The Morgan fingerprint density at radius 2 is 1.83 bits per heavy atom. The Kier molecular flexibility index (Phi) is 8.03. The van der Waals surface area contributed by atoms with Crippen LogP contribution in [0.5, 0.6) is 5.75 Å². The van der Waals surface area contributed by atoms with Gasteiger partial charge < -0.3 is 20.5 Å². The summed E-state index contributed by atoms with van der Waals surface area (Å²) in [7, 11) is 0. The van der Waals surface area contributed by atoms with E-state index in [1.807, 2.05) is 6.92 Å². The predicted octanol–water partition coefficient (Wildman–Crippen LogP) is 3.78. The minimum Gasteiger partial charge on any atom is -0.493 e. The van der Waals surface area contributed by atoms with Gasteiger partial charge in [0.1, 0.15) is 12.4 Å². The number of primary amides is 1. The highest BCUT2D eigenvalue weighted by atomic mass is 35.5. The standard InChI is InChI=1S/C21H23ClN2O5/c1-3-28-19-9-6-15(13(2)25)10-16(19)12-29-20(26)11-18(24-21(23)27)14-4-7-17(22)8-5-14/h4-10,18H,3,11-12H2,1-2H3,(H3,23,24,27)/t18-/m1/s1. The van der Waals surface area contributed by atoms with Gasteiger partial charge in [-0.25, -0.2) is 4.79 Å². The van der Waals surface area contributed by atoms with Crippen LogP contribution in [0.3, 0.4) is 0 Å². The quantitative estimate of drug-likeness (QED) is 0.476. The first kappa shape index (κ1) is 22.2. The van der Waals surface area contributed by atoms with Gasteiger partial charge in [0.2, 0.25) is 0 Å². The molecule has 0 saturated carbocycles. The number of halogens is 1. The van der Waals surface area contributed by atoms with Crippen molar-refractivity contribution in [1.29, 1.82) is 0 Å². The molecule has 2 amide bonds. The number of carbonyl (C=O) groups excluding carboxylic acids is 3. The fourth-order valence-corrected chi connectivity index (χ4v) is 2.84. The number of hydrogen-bond donors (Lipinski definition) is 2. The van der Waals surface area contributed by atoms with Crippen LogP contribution in [-0.4, -0.2) is 24.4 Å². The number of nitrogens with one attached hydrogen (secondary N) is 1. The van der Waals surface area contributed by atoms with Crippen molar-refractivity contribution in [1.82, 2.24) is 5.32 Å². The number of esters is 1. The molecule has 0 aliphatic heterocycles. The molecule has 0 spiro atoms. The third-order valence-electron chi connectivity index (χ3n) is 4.12. The molecule has 0 unspecified atom stereocenters. The lowest BCUT2D eigenvalue weighted by Crippen LogP contribution is -2.34. The van der Waals surface area contributed by atoms with Gasteiger partial charge in [-0.15, -0.1) is 0 Å². The maximum absolute atomic E-state index is 12.4. The van der Waals surface area contributed by atoms with Crippen LogP contribution in [0, 0.1) is 0 Å². The summed E-state index contributed by atoms with van der Waals surface area (Å²) in [6.45, 7) is 3.65. The second-order valence-electron chi connectivity index (χ2n) is 6.29. The highest BCUT2D eigenvalue weighted by Crippen LogP contribution is 2.23. The summed E-state index contributed by atoms with van der Waals surface area (Å²) < 4.78 is 10.9. The lowest BCUT2D eigenvalue weighted by Gasteiger charge is -2.18. The van der Waals surface area contributed by atoms with Crippen LogP contribution in [0.25, 0.3) is 0 Å².